The molecule has 0 unspecified atom stereocenters. The van der Waals surface area contributed by atoms with Crippen molar-refractivity contribution in [1.29, 1.82) is 0 Å². The van der Waals surface area contributed by atoms with Crippen LogP contribution in [0, 0.1) is 18.8 Å². The van der Waals surface area contributed by atoms with Crippen LogP contribution >= 0.6 is 0 Å². The van der Waals surface area contributed by atoms with Crippen molar-refractivity contribution in [2.24, 2.45) is 7.05 Å². The molecule has 3 aromatic heterocycles. The Morgan fingerprint density at radius 3 is 2.70 bits per heavy atom. The Labute approximate surface area is 133 Å². The summed E-state index contributed by atoms with van der Waals surface area (Å²) in [5, 5.41) is 16.9. The molecule has 1 aliphatic rings. The predicted molar refractivity (Wildman–Crippen MR) is 83.9 cm³/mol. The molecule has 0 spiro atoms. The van der Waals surface area contributed by atoms with E-state index in [9.17, 15) is 0 Å². The van der Waals surface area contributed by atoms with Gasteiger partial charge >= 0.3 is 0 Å². The second kappa shape index (κ2) is 5.35. The fourth-order valence-electron chi connectivity index (χ4n) is 2.61. The maximum Gasteiger partial charge on any atom is 0.245 e. The molecule has 0 saturated carbocycles. The van der Waals surface area contributed by atoms with E-state index in [1.54, 1.807) is 9.20 Å². The summed E-state index contributed by atoms with van der Waals surface area (Å²) in [6.45, 7) is 3.89. The zero-order valence-corrected chi connectivity index (χ0v) is 13.1. The quantitative estimate of drug-likeness (QED) is 0.611. The summed E-state index contributed by atoms with van der Waals surface area (Å²) in [6, 6.07) is 3.68. The van der Waals surface area contributed by atoms with Gasteiger partial charge in [-0.05, 0) is 43.7 Å². The number of anilines is 1. The summed E-state index contributed by atoms with van der Waals surface area (Å²) < 4.78 is 3.39. The monoisotopic (exact) mass is 308 g/mol. The molecule has 0 bridgehead atoms. The molecule has 0 amide bonds. The molecule has 4 rings (SSSR count). The van der Waals surface area contributed by atoms with Crippen LogP contribution in [0.2, 0.25) is 0 Å². The van der Waals surface area contributed by atoms with Gasteiger partial charge in [0.25, 0.3) is 0 Å². The lowest BCUT2D eigenvalue weighted by Gasteiger charge is -2.10. The fraction of sp³-hybridized carbons (Fsp3) is 0.400. The first-order chi connectivity index (χ1) is 11.2. The van der Waals surface area contributed by atoms with Gasteiger partial charge in [-0.1, -0.05) is 0 Å². The van der Waals surface area contributed by atoms with Gasteiger partial charge in [-0.3, -0.25) is 0 Å². The molecule has 1 fully saturated rings. The molecule has 1 aliphatic heterocycles. The highest BCUT2D eigenvalue weighted by Gasteiger charge is 2.17. The Balaban J connectivity index is 1.64. The third-order valence-corrected chi connectivity index (χ3v) is 3.86. The molecular formula is C15H16N8. The van der Waals surface area contributed by atoms with E-state index in [4.69, 9.17) is 0 Å². The molecule has 0 radical (unpaired) electrons. The predicted octanol–water partition coefficient (Wildman–Crippen LogP) is 0.561. The molecule has 3 aromatic rings. The minimum Gasteiger partial charge on any atom is -0.340 e. The van der Waals surface area contributed by atoms with Gasteiger partial charge in [0, 0.05) is 20.1 Å². The molecular weight excluding hydrogens is 292 g/mol. The Bertz CT molecular complexity index is 920. The number of fused-ring (bicyclic) bond motifs is 1. The van der Waals surface area contributed by atoms with Crippen molar-refractivity contribution in [2.75, 3.05) is 18.0 Å². The lowest BCUT2D eigenvalue weighted by atomic mass is 10.4. The average Bonchev–Trinajstić information content (AvgIpc) is 3.27. The standard InChI is InChI=1S/C15H16N8/c1-11-17-18-14-8-6-12(19-23(11)14)5-7-13-16-15(20-21(13)2)22-9-3-4-10-22/h6,8H,3-4,9-10H2,1-2H3. The number of aryl methyl sites for hydroxylation is 2. The van der Waals surface area contributed by atoms with Crippen LogP contribution in [0.15, 0.2) is 12.1 Å². The highest BCUT2D eigenvalue weighted by molar-refractivity contribution is 5.42. The molecule has 0 N–H and O–H groups in total. The maximum atomic E-state index is 4.52. The van der Waals surface area contributed by atoms with E-state index in [2.05, 4.69) is 42.1 Å². The van der Waals surface area contributed by atoms with Gasteiger partial charge in [-0.15, -0.1) is 15.3 Å². The van der Waals surface area contributed by atoms with Crippen molar-refractivity contribution in [3.8, 4) is 11.8 Å². The Morgan fingerprint density at radius 2 is 1.87 bits per heavy atom. The van der Waals surface area contributed by atoms with Crippen LogP contribution in [-0.2, 0) is 7.05 Å². The van der Waals surface area contributed by atoms with Crippen LogP contribution in [0.4, 0.5) is 5.95 Å². The van der Waals surface area contributed by atoms with E-state index in [0.717, 1.165) is 24.9 Å². The van der Waals surface area contributed by atoms with E-state index in [0.29, 0.717) is 17.2 Å². The summed E-state index contributed by atoms with van der Waals surface area (Å²) in [5.74, 6) is 8.21. The third-order valence-electron chi connectivity index (χ3n) is 3.86. The largest absolute Gasteiger partial charge is 0.340 e. The fourth-order valence-corrected chi connectivity index (χ4v) is 2.61. The molecule has 23 heavy (non-hydrogen) atoms. The molecule has 8 heteroatoms. The minimum atomic E-state index is 0.634. The van der Waals surface area contributed by atoms with Crippen LogP contribution in [-0.4, -0.2) is 47.7 Å². The number of aromatic nitrogens is 7. The molecule has 8 nitrogen and oxygen atoms in total. The number of nitrogens with zero attached hydrogens (tertiary/aromatic N) is 8. The lowest BCUT2D eigenvalue weighted by molar-refractivity contribution is 0.745. The summed E-state index contributed by atoms with van der Waals surface area (Å²) in [4.78, 5) is 6.71. The normalized spacial score (nSPS) is 14.3. The van der Waals surface area contributed by atoms with Gasteiger partial charge in [-0.2, -0.15) is 14.6 Å². The van der Waals surface area contributed by atoms with Crippen LogP contribution in [0.3, 0.4) is 0 Å². The van der Waals surface area contributed by atoms with Crippen molar-refractivity contribution < 1.29 is 0 Å². The van der Waals surface area contributed by atoms with E-state index in [-0.39, 0.29) is 0 Å². The van der Waals surface area contributed by atoms with Crippen LogP contribution in [0.25, 0.3) is 5.65 Å². The maximum absolute atomic E-state index is 4.52. The molecule has 1 saturated heterocycles. The van der Waals surface area contributed by atoms with Gasteiger partial charge in [0.05, 0.1) is 0 Å². The van der Waals surface area contributed by atoms with E-state index >= 15 is 0 Å². The first-order valence-corrected chi connectivity index (χ1v) is 7.58. The average molecular weight is 308 g/mol. The zero-order valence-electron chi connectivity index (χ0n) is 13.1. The van der Waals surface area contributed by atoms with E-state index in [1.807, 2.05) is 26.1 Å². The van der Waals surface area contributed by atoms with E-state index < -0.39 is 0 Å². The highest BCUT2D eigenvalue weighted by atomic mass is 15.4. The minimum absolute atomic E-state index is 0.634. The van der Waals surface area contributed by atoms with Gasteiger partial charge in [0.2, 0.25) is 11.8 Å². The lowest BCUT2D eigenvalue weighted by Crippen LogP contribution is -2.19. The van der Waals surface area contributed by atoms with Crippen LogP contribution in [0.1, 0.15) is 30.2 Å². The van der Waals surface area contributed by atoms with Gasteiger partial charge in [0.15, 0.2) is 11.5 Å². The topological polar surface area (TPSA) is 77.0 Å². The second-order valence-corrected chi connectivity index (χ2v) is 5.54. The Morgan fingerprint density at radius 1 is 1.04 bits per heavy atom. The Hall–Kier alpha value is -2.95. The van der Waals surface area contributed by atoms with Crippen molar-refractivity contribution in [2.45, 2.75) is 19.8 Å². The molecule has 4 heterocycles. The molecule has 116 valence electrons. The third kappa shape index (κ3) is 2.50. The molecule has 0 aromatic carbocycles. The van der Waals surface area contributed by atoms with Gasteiger partial charge in [-0.25, -0.2) is 4.68 Å². The summed E-state index contributed by atoms with van der Waals surface area (Å²) in [6.07, 6.45) is 2.39. The molecule has 0 atom stereocenters. The number of hydrogen-bond acceptors (Lipinski definition) is 6. The summed E-state index contributed by atoms with van der Waals surface area (Å²) in [7, 11) is 1.86. The summed E-state index contributed by atoms with van der Waals surface area (Å²) in [5.41, 5.74) is 1.36. The van der Waals surface area contributed by atoms with Crippen LogP contribution in [0.5, 0.6) is 0 Å². The number of hydrogen-bond donors (Lipinski definition) is 0. The highest BCUT2D eigenvalue weighted by Crippen LogP contribution is 2.15. The number of rotatable bonds is 1. The Kier molecular flexibility index (Phi) is 3.19. The van der Waals surface area contributed by atoms with Crippen molar-refractivity contribution in [1.82, 2.24) is 34.6 Å². The van der Waals surface area contributed by atoms with Gasteiger partial charge < -0.3 is 4.90 Å². The first-order valence-electron chi connectivity index (χ1n) is 7.58. The second-order valence-electron chi connectivity index (χ2n) is 5.54. The first kappa shape index (κ1) is 13.7. The zero-order chi connectivity index (χ0) is 15.8. The van der Waals surface area contributed by atoms with Crippen LogP contribution < -0.4 is 4.90 Å². The van der Waals surface area contributed by atoms with Crippen molar-refractivity contribution in [3.05, 3.63) is 29.5 Å². The SMILES string of the molecule is Cc1nnc2ccc(C#Cc3nc(N4CCCC4)nn3C)nn12. The smallest absolute Gasteiger partial charge is 0.245 e. The van der Waals surface area contributed by atoms with Crippen molar-refractivity contribution in [3.63, 3.8) is 0 Å². The van der Waals surface area contributed by atoms with Crippen molar-refractivity contribution >= 4 is 11.6 Å². The van der Waals surface area contributed by atoms with E-state index in [1.165, 1.54) is 12.8 Å². The summed E-state index contributed by atoms with van der Waals surface area (Å²) >= 11 is 0. The molecule has 0 aliphatic carbocycles. The van der Waals surface area contributed by atoms with Gasteiger partial charge in [0.1, 0.15) is 5.69 Å².